The van der Waals surface area contributed by atoms with E-state index in [-0.39, 0.29) is 0 Å². The summed E-state index contributed by atoms with van der Waals surface area (Å²) < 4.78 is 0.539. The molecule has 7 nitrogen and oxygen atoms in total. The minimum atomic E-state index is -0.472. The van der Waals surface area contributed by atoms with E-state index in [2.05, 4.69) is 20.6 Å². The number of aromatic nitrogens is 2. The lowest BCUT2D eigenvalue weighted by Crippen LogP contribution is -2.30. The Kier molecular flexibility index (Phi) is 10.8. The Morgan fingerprint density at radius 3 is 2.57 bits per heavy atom. The maximum absolute atomic E-state index is 10.8. The molecule has 0 aliphatic heterocycles. The second-order valence-electron chi connectivity index (χ2n) is 5.31. The molecule has 0 bridgehead atoms. The van der Waals surface area contributed by atoms with Crippen LogP contribution in [0, 0.1) is 10.1 Å². The smallest absolute Gasteiger partial charge is 0.274 e. The molecule has 0 fully saturated rings. The van der Waals surface area contributed by atoms with Crippen molar-refractivity contribution < 1.29 is 4.92 Å². The SMILES string of the molecule is O=[N+]([O-])C=C(NCCSCc1csc(Cl)n1)NCCSCc1ncccc1Cl. The summed E-state index contributed by atoms with van der Waals surface area (Å²) in [7, 11) is 0. The zero-order chi connectivity index (χ0) is 20.2. The van der Waals surface area contributed by atoms with Gasteiger partial charge in [-0.1, -0.05) is 23.2 Å². The van der Waals surface area contributed by atoms with Crippen molar-refractivity contribution in [2.75, 3.05) is 24.6 Å². The molecule has 2 N–H and O–H groups in total. The molecule has 2 aromatic rings. The van der Waals surface area contributed by atoms with Gasteiger partial charge in [0.25, 0.3) is 6.20 Å². The van der Waals surface area contributed by atoms with Crippen LogP contribution in [0.4, 0.5) is 0 Å². The Morgan fingerprint density at radius 1 is 1.25 bits per heavy atom. The average molecular weight is 480 g/mol. The Morgan fingerprint density at radius 2 is 1.96 bits per heavy atom. The van der Waals surface area contributed by atoms with E-state index < -0.39 is 4.92 Å². The van der Waals surface area contributed by atoms with Gasteiger partial charge in [0, 0.05) is 47.7 Å². The molecule has 2 heterocycles. The molecule has 0 saturated carbocycles. The lowest BCUT2D eigenvalue weighted by atomic mass is 10.4. The van der Waals surface area contributed by atoms with E-state index >= 15 is 0 Å². The highest BCUT2D eigenvalue weighted by Crippen LogP contribution is 2.19. The van der Waals surface area contributed by atoms with Crippen LogP contribution >= 0.6 is 58.1 Å². The topological polar surface area (TPSA) is 93.0 Å². The van der Waals surface area contributed by atoms with Crippen molar-refractivity contribution in [1.82, 2.24) is 20.6 Å². The summed E-state index contributed by atoms with van der Waals surface area (Å²) in [4.78, 5) is 18.7. The summed E-state index contributed by atoms with van der Waals surface area (Å²) in [6.45, 7) is 1.19. The summed E-state index contributed by atoms with van der Waals surface area (Å²) in [6.07, 6.45) is 2.66. The van der Waals surface area contributed by atoms with Crippen molar-refractivity contribution in [1.29, 1.82) is 0 Å². The van der Waals surface area contributed by atoms with Gasteiger partial charge in [-0.2, -0.15) is 23.5 Å². The molecule has 152 valence electrons. The number of halogens is 2. The van der Waals surface area contributed by atoms with Crippen LogP contribution in [-0.4, -0.2) is 39.5 Å². The summed E-state index contributed by atoms with van der Waals surface area (Å²) in [5.74, 6) is 3.42. The van der Waals surface area contributed by atoms with Crippen LogP contribution in [0.5, 0.6) is 0 Å². The Hall–Kier alpha value is -1.20. The fraction of sp³-hybridized carbons (Fsp3) is 0.375. The van der Waals surface area contributed by atoms with E-state index in [1.807, 2.05) is 11.4 Å². The number of nitro groups is 1. The first-order valence-electron chi connectivity index (χ1n) is 8.22. The number of thioether (sulfide) groups is 2. The lowest BCUT2D eigenvalue weighted by molar-refractivity contribution is -0.404. The summed E-state index contributed by atoms with van der Waals surface area (Å²) in [6, 6.07) is 3.61. The summed E-state index contributed by atoms with van der Waals surface area (Å²) in [5, 5.41) is 19.5. The predicted octanol–water partition coefficient (Wildman–Crippen LogP) is 4.27. The average Bonchev–Trinajstić information content (AvgIpc) is 3.07. The van der Waals surface area contributed by atoms with Crippen LogP contribution in [0.2, 0.25) is 9.49 Å². The first kappa shape index (κ1) is 23.1. The van der Waals surface area contributed by atoms with E-state index in [1.54, 1.807) is 35.8 Å². The fourth-order valence-electron chi connectivity index (χ4n) is 1.99. The predicted molar refractivity (Wildman–Crippen MR) is 120 cm³/mol. The quantitative estimate of drug-likeness (QED) is 0.250. The molecule has 28 heavy (non-hydrogen) atoms. The molecule has 0 amide bonds. The van der Waals surface area contributed by atoms with Crippen LogP contribution in [0.15, 0.2) is 35.7 Å². The van der Waals surface area contributed by atoms with Crippen LogP contribution in [-0.2, 0) is 11.5 Å². The van der Waals surface area contributed by atoms with Gasteiger partial charge in [-0.15, -0.1) is 11.3 Å². The molecule has 2 aromatic heterocycles. The number of thiazole rings is 1. The van der Waals surface area contributed by atoms with Gasteiger partial charge in [0.05, 0.1) is 21.3 Å². The van der Waals surface area contributed by atoms with E-state index in [0.717, 1.165) is 34.8 Å². The molecule has 0 unspecified atom stereocenters. The highest BCUT2D eigenvalue weighted by molar-refractivity contribution is 7.98. The Labute approximate surface area is 185 Å². The van der Waals surface area contributed by atoms with Crippen LogP contribution < -0.4 is 10.6 Å². The van der Waals surface area contributed by atoms with Crippen molar-refractivity contribution in [2.45, 2.75) is 11.5 Å². The molecule has 0 spiro atoms. The number of pyridine rings is 1. The van der Waals surface area contributed by atoms with E-state index in [1.165, 1.54) is 11.3 Å². The zero-order valence-corrected chi connectivity index (χ0v) is 18.7. The van der Waals surface area contributed by atoms with Gasteiger partial charge in [-0.3, -0.25) is 15.1 Å². The Bertz CT molecular complexity index is 791. The maximum Gasteiger partial charge on any atom is 0.274 e. The first-order valence-corrected chi connectivity index (χ1v) is 12.2. The molecule has 0 aliphatic carbocycles. The molecule has 12 heteroatoms. The number of hydrogen-bond acceptors (Lipinski definition) is 9. The van der Waals surface area contributed by atoms with Crippen molar-refractivity contribution >= 4 is 58.1 Å². The summed E-state index contributed by atoms with van der Waals surface area (Å²) in [5.41, 5.74) is 1.79. The molecule has 0 saturated heterocycles. The van der Waals surface area contributed by atoms with Crippen LogP contribution in [0.3, 0.4) is 0 Å². The zero-order valence-electron chi connectivity index (χ0n) is 14.8. The van der Waals surface area contributed by atoms with E-state index in [4.69, 9.17) is 23.2 Å². The van der Waals surface area contributed by atoms with Crippen molar-refractivity contribution in [3.63, 3.8) is 0 Å². The molecule has 0 aromatic carbocycles. The molecule has 2 rings (SSSR count). The van der Waals surface area contributed by atoms with Gasteiger partial charge in [-0.05, 0) is 12.1 Å². The highest BCUT2D eigenvalue weighted by atomic mass is 35.5. The number of nitrogens with one attached hydrogen (secondary N) is 2. The third-order valence-electron chi connectivity index (χ3n) is 3.21. The van der Waals surface area contributed by atoms with Gasteiger partial charge in [0.1, 0.15) is 0 Å². The lowest BCUT2D eigenvalue weighted by Gasteiger charge is -2.11. The van der Waals surface area contributed by atoms with Crippen LogP contribution in [0.25, 0.3) is 0 Å². The van der Waals surface area contributed by atoms with Gasteiger partial charge in [-0.25, -0.2) is 4.98 Å². The van der Waals surface area contributed by atoms with Gasteiger partial charge in [0.2, 0.25) is 0 Å². The molecule has 0 radical (unpaired) electrons. The number of nitrogens with zero attached hydrogens (tertiary/aromatic N) is 3. The maximum atomic E-state index is 10.8. The first-order chi connectivity index (χ1) is 13.5. The normalized spacial score (nSPS) is 11.4. The van der Waals surface area contributed by atoms with Crippen molar-refractivity contribution in [3.8, 4) is 0 Å². The second kappa shape index (κ2) is 13.1. The molecule has 0 atom stereocenters. The molecular formula is C16H19Cl2N5O2S3. The van der Waals surface area contributed by atoms with Gasteiger partial charge < -0.3 is 10.6 Å². The molecule has 0 aliphatic rings. The third kappa shape index (κ3) is 9.33. The minimum Gasteiger partial charge on any atom is -0.366 e. The Balaban J connectivity index is 1.62. The monoisotopic (exact) mass is 479 g/mol. The third-order valence-corrected chi connectivity index (χ3v) is 6.54. The van der Waals surface area contributed by atoms with E-state index in [9.17, 15) is 10.1 Å². The van der Waals surface area contributed by atoms with Crippen molar-refractivity contribution in [3.05, 3.63) is 66.7 Å². The highest BCUT2D eigenvalue weighted by Gasteiger charge is 2.04. The van der Waals surface area contributed by atoms with Crippen molar-refractivity contribution in [2.24, 2.45) is 0 Å². The number of rotatable bonds is 13. The molecular weight excluding hydrogens is 461 g/mol. The second-order valence-corrected chi connectivity index (χ2v) is 9.37. The van der Waals surface area contributed by atoms with Gasteiger partial charge in [0.15, 0.2) is 10.3 Å². The summed E-state index contributed by atoms with van der Waals surface area (Å²) >= 11 is 16.6. The number of hydrogen-bond donors (Lipinski definition) is 2. The van der Waals surface area contributed by atoms with Gasteiger partial charge >= 0.3 is 0 Å². The largest absolute Gasteiger partial charge is 0.366 e. The fourth-order valence-corrected chi connectivity index (χ4v) is 4.71. The minimum absolute atomic E-state index is 0.402. The van der Waals surface area contributed by atoms with Crippen LogP contribution in [0.1, 0.15) is 11.4 Å². The standard InChI is InChI=1S/C16H19Cl2N5O2S3/c17-13-2-1-3-19-14(13)11-27-7-5-21-15(8-23(24)25)20-4-6-26-9-12-10-28-16(18)22-12/h1-3,8,10,20-21H,4-7,9,11H2. The van der Waals surface area contributed by atoms with E-state index in [0.29, 0.717) is 34.2 Å².